The first kappa shape index (κ1) is 29.7. The van der Waals surface area contributed by atoms with E-state index in [1.807, 2.05) is 103 Å². The standard InChI is InChI=1S/C34H36N2O5S/c1-23-30(22-42-31-14-7-6-13-29(31)39-2)40-33(41-32(23)26-17-15-25(21-37)16-18-26)27-11-8-12-28(19-27)36-34(38)35-20-24-9-4-3-5-10-24/h3-19,23,30,32-33,37H,20-22H2,1-2H3,(H2,35,36,38). The molecule has 4 aromatic rings. The van der Waals surface area contributed by atoms with Crippen molar-refractivity contribution in [2.45, 2.75) is 43.5 Å². The number of aliphatic hydroxyl groups excluding tert-OH is 1. The van der Waals surface area contributed by atoms with Gasteiger partial charge < -0.3 is 30.0 Å². The molecule has 1 aliphatic rings. The molecule has 1 heterocycles. The van der Waals surface area contributed by atoms with Crippen molar-refractivity contribution in [1.29, 1.82) is 0 Å². The number of hydrogen-bond donors (Lipinski definition) is 3. The number of anilines is 1. The van der Waals surface area contributed by atoms with Crippen molar-refractivity contribution in [2.24, 2.45) is 5.92 Å². The van der Waals surface area contributed by atoms with E-state index in [4.69, 9.17) is 14.2 Å². The lowest BCUT2D eigenvalue weighted by Gasteiger charge is -2.41. The summed E-state index contributed by atoms with van der Waals surface area (Å²) in [6.45, 7) is 2.56. The highest BCUT2D eigenvalue weighted by atomic mass is 32.2. The second-order valence-corrected chi connectivity index (χ2v) is 11.3. The number of carbonyl (C=O) groups excluding carboxylic acids is 1. The van der Waals surface area contributed by atoms with Crippen LogP contribution in [0.1, 0.15) is 41.6 Å². The fourth-order valence-electron chi connectivity index (χ4n) is 4.94. The minimum Gasteiger partial charge on any atom is -0.496 e. The summed E-state index contributed by atoms with van der Waals surface area (Å²) in [4.78, 5) is 13.7. The smallest absolute Gasteiger partial charge is 0.319 e. The lowest BCUT2D eigenvalue weighted by atomic mass is 9.91. The summed E-state index contributed by atoms with van der Waals surface area (Å²) in [5.41, 5.74) is 4.35. The Morgan fingerprint density at radius 2 is 1.64 bits per heavy atom. The summed E-state index contributed by atoms with van der Waals surface area (Å²) < 4.78 is 18.7. The quantitative estimate of drug-likeness (QED) is 0.173. The molecule has 3 N–H and O–H groups in total. The Hall–Kier alpha value is -3.82. The van der Waals surface area contributed by atoms with E-state index in [0.717, 1.165) is 32.9 Å². The first-order valence-electron chi connectivity index (χ1n) is 14.0. The highest BCUT2D eigenvalue weighted by molar-refractivity contribution is 7.99. The van der Waals surface area contributed by atoms with Gasteiger partial charge in [-0.2, -0.15) is 0 Å². The van der Waals surface area contributed by atoms with E-state index in [9.17, 15) is 9.90 Å². The van der Waals surface area contributed by atoms with Crippen molar-refractivity contribution in [2.75, 3.05) is 18.2 Å². The molecule has 0 aliphatic carbocycles. The van der Waals surface area contributed by atoms with Crippen molar-refractivity contribution in [3.05, 3.63) is 125 Å². The fourth-order valence-corrected chi connectivity index (χ4v) is 6.13. The van der Waals surface area contributed by atoms with Crippen LogP contribution in [0.4, 0.5) is 10.5 Å². The van der Waals surface area contributed by atoms with Crippen LogP contribution in [0.3, 0.4) is 0 Å². The summed E-state index contributed by atoms with van der Waals surface area (Å²) >= 11 is 1.69. The molecule has 1 saturated heterocycles. The highest BCUT2D eigenvalue weighted by Crippen LogP contribution is 2.44. The number of methoxy groups -OCH3 is 1. The van der Waals surface area contributed by atoms with Crippen molar-refractivity contribution >= 4 is 23.5 Å². The third-order valence-electron chi connectivity index (χ3n) is 7.31. The number of urea groups is 1. The van der Waals surface area contributed by atoms with Gasteiger partial charge in [0.1, 0.15) is 5.75 Å². The van der Waals surface area contributed by atoms with Crippen LogP contribution in [-0.4, -0.2) is 30.1 Å². The molecular weight excluding hydrogens is 548 g/mol. The van der Waals surface area contributed by atoms with E-state index in [1.165, 1.54) is 0 Å². The number of ether oxygens (including phenoxy) is 3. The van der Waals surface area contributed by atoms with Crippen LogP contribution in [0.5, 0.6) is 5.75 Å². The summed E-state index contributed by atoms with van der Waals surface area (Å²) in [7, 11) is 1.68. The Balaban J connectivity index is 1.33. The average molecular weight is 585 g/mol. The van der Waals surface area contributed by atoms with Gasteiger partial charge in [0.05, 0.1) is 25.9 Å². The third kappa shape index (κ3) is 7.52. The SMILES string of the molecule is COc1ccccc1SCC1OC(c2cccc(NC(=O)NCc3ccccc3)c2)OC(c2ccc(CO)cc2)C1C. The largest absolute Gasteiger partial charge is 0.496 e. The van der Waals surface area contributed by atoms with Crippen LogP contribution in [0.2, 0.25) is 0 Å². The first-order valence-corrected chi connectivity index (χ1v) is 15.0. The molecule has 0 radical (unpaired) electrons. The second kappa shape index (κ2) is 14.4. The van der Waals surface area contributed by atoms with Crippen LogP contribution in [-0.2, 0) is 22.6 Å². The zero-order valence-electron chi connectivity index (χ0n) is 23.7. The molecule has 0 aromatic heterocycles. The Kier molecular flexibility index (Phi) is 10.2. The topological polar surface area (TPSA) is 89.1 Å². The molecule has 8 heteroatoms. The monoisotopic (exact) mass is 584 g/mol. The van der Waals surface area contributed by atoms with Gasteiger partial charge in [0.15, 0.2) is 6.29 Å². The number of hydrogen-bond acceptors (Lipinski definition) is 6. The van der Waals surface area contributed by atoms with Gasteiger partial charge in [-0.15, -0.1) is 11.8 Å². The number of rotatable bonds is 10. The summed E-state index contributed by atoms with van der Waals surface area (Å²) in [6.07, 6.45) is -1.00. The fraction of sp³-hybridized carbons (Fsp3) is 0.265. The molecule has 7 nitrogen and oxygen atoms in total. The van der Waals surface area contributed by atoms with E-state index in [-0.39, 0.29) is 30.8 Å². The summed E-state index contributed by atoms with van der Waals surface area (Å²) in [6, 6.07) is 32.9. The normalized spacial score (nSPS) is 20.1. The van der Waals surface area contributed by atoms with Crippen molar-refractivity contribution in [1.82, 2.24) is 5.32 Å². The van der Waals surface area contributed by atoms with E-state index < -0.39 is 6.29 Å². The summed E-state index contributed by atoms with van der Waals surface area (Å²) in [5.74, 6) is 1.58. The Morgan fingerprint density at radius 1 is 0.881 bits per heavy atom. The van der Waals surface area contributed by atoms with Crippen LogP contribution in [0.25, 0.3) is 0 Å². The number of aliphatic hydroxyl groups is 1. The maximum atomic E-state index is 12.6. The number of nitrogens with one attached hydrogen (secondary N) is 2. The first-order chi connectivity index (χ1) is 20.5. The van der Waals surface area contributed by atoms with Crippen molar-refractivity contribution in [3.63, 3.8) is 0 Å². The van der Waals surface area contributed by atoms with Gasteiger partial charge in [-0.3, -0.25) is 0 Å². The molecule has 4 atom stereocenters. The molecule has 5 rings (SSSR count). The molecule has 218 valence electrons. The van der Waals surface area contributed by atoms with Crippen molar-refractivity contribution < 1.29 is 24.1 Å². The van der Waals surface area contributed by atoms with Crippen LogP contribution < -0.4 is 15.4 Å². The molecular formula is C34H36N2O5S. The molecule has 4 aromatic carbocycles. The molecule has 2 amide bonds. The number of para-hydroxylation sites is 1. The predicted octanol–water partition coefficient (Wildman–Crippen LogP) is 7.09. The number of amides is 2. The molecule has 1 aliphatic heterocycles. The van der Waals surface area contributed by atoms with Gasteiger partial charge in [0, 0.05) is 34.4 Å². The van der Waals surface area contributed by atoms with Crippen molar-refractivity contribution in [3.8, 4) is 5.75 Å². The van der Waals surface area contributed by atoms with Gasteiger partial charge in [-0.1, -0.05) is 85.8 Å². The Labute approximate surface area is 251 Å². The Bertz CT molecular complexity index is 1450. The second-order valence-electron chi connectivity index (χ2n) is 10.2. The highest BCUT2D eigenvalue weighted by Gasteiger charge is 2.38. The summed E-state index contributed by atoms with van der Waals surface area (Å²) in [5, 5.41) is 15.3. The third-order valence-corrected chi connectivity index (χ3v) is 8.45. The van der Waals surface area contributed by atoms with Gasteiger partial charge in [-0.05, 0) is 41.0 Å². The van der Waals surface area contributed by atoms with Gasteiger partial charge >= 0.3 is 6.03 Å². The number of carbonyl (C=O) groups is 1. The minimum absolute atomic E-state index is 0.00994. The van der Waals surface area contributed by atoms with Crippen LogP contribution in [0, 0.1) is 5.92 Å². The van der Waals surface area contributed by atoms with E-state index in [0.29, 0.717) is 18.0 Å². The van der Waals surface area contributed by atoms with E-state index >= 15 is 0 Å². The molecule has 0 spiro atoms. The van der Waals surface area contributed by atoms with Crippen LogP contribution >= 0.6 is 11.8 Å². The van der Waals surface area contributed by atoms with E-state index in [1.54, 1.807) is 18.9 Å². The molecule has 1 fully saturated rings. The molecule has 42 heavy (non-hydrogen) atoms. The minimum atomic E-state index is -0.638. The predicted molar refractivity (Wildman–Crippen MR) is 165 cm³/mol. The lowest BCUT2D eigenvalue weighted by molar-refractivity contribution is -0.268. The molecule has 0 saturated carbocycles. The number of benzene rings is 4. The van der Waals surface area contributed by atoms with Gasteiger partial charge in [0.25, 0.3) is 0 Å². The average Bonchev–Trinajstić information content (AvgIpc) is 3.04. The van der Waals surface area contributed by atoms with Crippen LogP contribution in [0.15, 0.2) is 108 Å². The van der Waals surface area contributed by atoms with Gasteiger partial charge in [-0.25, -0.2) is 4.79 Å². The lowest BCUT2D eigenvalue weighted by Crippen LogP contribution is -2.38. The Morgan fingerprint density at radius 3 is 2.40 bits per heavy atom. The maximum Gasteiger partial charge on any atom is 0.319 e. The molecule has 4 unspecified atom stereocenters. The maximum absolute atomic E-state index is 12.6. The number of thioether (sulfide) groups is 1. The zero-order chi connectivity index (χ0) is 29.3. The van der Waals surface area contributed by atoms with E-state index in [2.05, 4.69) is 17.6 Å². The zero-order valence-corrected chi connectivity index (χ0v) is 24.6. The van der Waals surface area contributed by atoms with Gasteiger partial charge in [0.2, 0.25) is 0 Å². The molecule has 0 bridgehead atoms.